The number of aryl methyl sites for hydroxylation is 1. The Morgan fingerprint density at radius 3 is 2.46 bits per heavy atom. The minimum Gasteiger partial charge on any atom is -0.507 e. The van der Waals surface area contributed by atoms with Crippen LogP contribution < -0.4 is 0 Å². The molecule has 1 aromatic heterocycles. The van der Waals surface area contributed by atoms with Crippen LogP contribution in [0.4, 0.5) is 0 Å². The fraction of sp³-hybridized carbons (Fsp3) is 0.364. The summed E-state index contributed by atoms with van der Waals surface area (Å²) in [5.41, 5.74) is 1.72. The smallest absolute Gasteiger partial charge is 0.295 e. The van der Waals surface area contributed by atoms with E-state index < -0.39 is 17.7 Å². The number of ketones is 1. The van der Waals surface area contributed by atoms with E-state index >= 15 is 0 Å². The number of carbonyl (C=O) groups is 2. The Balaban J connectivity index is 2.01. The molecule has 1 fully saturated rings. The summed E-state index contributed by atoms with van der Waals surface area (Å²) in [5, 5.41) is 10.9. The lowest BCUT2D eigenvalue weighted by atomic mass is 9.98. The summed E-state index contributed by atoms with van der Waals surface area (Å²) in [7, 11) is 3.91. The quantitative estimate of drug-likeness (QED) is 0.452. The molecule has 28 heavy (non-hydrogen) atoms. The zero-order valence-electron chi connectivity index (χ0n) is 16.5. The number of benzene rings is 1. The van der Waals surface area contributed by atoms with Crippen molar-refractivity contribution >= 4 is 17.4 Å². The molecule has 0 saturated carbocycles. The fourth-order valence-corrected chi connectivity index (χ4v) is 3.46. The molecule has 2 aromatic rings. The zero-order chi connectivity index (χ0) is 20.3. The maximum atomic E-state index is 12.8. The molecular weight excluding hydrogens is 356 g/mol. The molecule has 1 aliphatic rings. The van der Waals surface area contributed by atoms with E-state index in [1.165, 1.54) is 11.2 Å². The van der Waals surface area contributed by atoms with Crippen LogP contribution in [0.1, 0.15) is 36.3 Å². The number of furan rings is 1. The summed E-state index contributed by atoms with van der Waals surface area (Å²) >= 11 is 0. The lowest BCUT2D eigenvalue weighted by Gasteiger charge is -2.24. The SMILES string of the molecule is CCc1ccc(/C(O)=C2/C(=O)C(=O)N(CCCN(C)C)C2c2ccco2)cc1. The largest absolute Gasteiger partial charge is 0.507 e. The molecule has 1 saturated heterocycles. The normalized spacial score (nSPS) is 19.0. The third kappa shape index (κ3) is 3.87. The molecule has 1 atom stereocenters. The highest BCUT2D eigenvalue weighted by atomic mass is 16.3. The maximum Gasteiger partial charge on any atom is 0.295 e. The number of hydrogen-bond donors (Lipinski definition) is 1. The summed E-state index contributed by atoms with van der Waals surface area (Å²) in [5.74, 6) is -0.983. The van der Waals surface area contributed by atoms with E-state index in [2.05, 4.69) is 0 Å². The second-order valence-electron chi connectivity index (χ2n) is 7.22. The van der Waals surface area contributed by atoms with Crippen molar-refractivity contribution in [2.24, 2.45) is 0 Å². The van der Waals surface area contributed by atoms with Gasteiger partial charge in [-0.25, -0.2) is 0 Å². The Bertz CT molecular complexity index is 866. The number of amides is 1. The van der Waals surface area contributed by atoms with Crippen LogP contribution in [-0.2, 0) is 16.0 Å². The number of rotatable bonds is 7. The van der Waals surface area contributed by atoms with E-state index in [9.17, 15) is 14.7 Å². The lowest BCUT2D eigenvalue weighted by Crippen LogP contribution is -2.32. The molecule has 1 N–H and O–H groups in total. The maximum absolute atomic E-state index is 12.8. The van der Waals surface area contributed by atoms with Gasteiger partial charge in [0.15, 0.2) is 0 Å². The third-order valence-corrected chi connectivity index (χ3v) is 4.99. The molecule has 6 heteroatoms. The van der Waals surface area contributed by atoms with Gasteiger partial charge in [0.25, 0.3) is 11.7 Å². The van der Waals surface area contributed by atoms with Gasteiger partial charge in [0, 0.05) is 12.1 Å². The molecular formula is C22H26N2O4. The number of carbonyl (C=O) groups excluding carboxylic acids is 2. The average molecular weight is 382 g/mol. The molecule has 0 bridgehead atoms. The molecule has 3 rings (SSSR count). The molecule has 1 unspecified atom stereocenters. The van der Waals surface area contributed by atoms with Gasteiger partial charge in [0.05, 0.1) is 11.8 Å². The number of nitrogens with zero attached hydrogens (tertiary/aromatic N) is 2. The van der Waals surface area contributed by atoms with Crippen LogP contribution in [0.25, 0.3) is 5.76 Å². The molecule has 1 aliphatic heterocycles. The van der Waals surface area contributed by atoms with E-state index in [1.807, 2.05) is 38.1 Å². The minimum absolute atomic E-state index is 0.0778. The van der Waals surface area contributed by atoms with Crippen LogP contribution in [0.5, 0.6) is 0 Å². The topological polar surface area (TPSA) is 74.0 Å². The van der Waals surface area contributed by atoms with E-state index in [0.717, 1.165) is 18.5 Å². The molecule has 1 aromatic carbocycles. The van der Waals surface area contributed by atoms with Crippen molar-refractivity contribution in [3.05, 3.63) is 65.1 Å². The predicted molar refractivity (Wildman–Crippen MR) is 107 cm³/mol. The average Bonchev–Trinajstić information content (AvgIpc) is 3.29. The van der Waals surface area contributed by atoms with Gasteiger partial charge in [-0.05, 0) is 51.2 Å². The highest BCUT2D eigenvalue weighted by Crippen LogP contribution is 2.39. The molecule has 1 amide bonds. The number of likely N-dealkylation sites (tertiary alicyclic amines) is 1. The van der Waals surface area contributed by atoms with Crippen LogP contribution in [0.15, 0.2) is 52.7 Å². The van der Waals surface area contributed by atoms with Crippen molar-refractivity contribution in [2.75, 3.05) is 27.2 Å². The van der Waals surface area contributed by atoms with Crippen molar-refractivity contribution < 1.29 is 19.1 Å². The first kappa shape index (κ1) is 19.9. The highest BCUT2D eigenvalue weighted by molar-refractivity contribution is 6.46. The van der Waals surface area contributed by atoms with Gasteiger partial charge in [-0.1, -0.05) is 31.2 Å². The predicted octanol–water partition coefficient (Wildman–Crippen LogP) is 3.22. The van der Waals surface area contributed by atoms with Gasteiger partial charge < -0.3 is 19.3 Å². The van der Waals surface area contributed by atoms with E-state index in [4.69, 9.17) is 4.42 Å². The Kier molecular flexibility index (Phi) is 5.99. The summed E-state index contributed by atoms with van der Waals surface area (Å²) in [4.78, 5) is 29.0. The van der Waals surface area contributed by atoms with Crippen molar-refractivity contribution in [3.8, 4) is 0 Å². The van der Waals surface area contributed by atoms with E-state index in [0.29, 0.717) is 24.3 Å². The molecule has 0 spiro atoms. The summed E-state index contributed by atoms with van der Waals surface area (Å²) in [6, 6.07) is 10.1. The minimum atomic E-state index is -0.719. The van der Waals surface area contributed by atoms with Gasteiger partial charge in [0.2, 0.25) is 0 Å². The number of hydrogen-bond acceptors (Lipinski definition) is 5. The summed E-state index contributed by atoms with van der Waals surface area (Å²) < 4.78 is 5.52. The van der Waals surface area contributed by atoms with Gasteiger partial charge in [0.1, 0.15) is 17.6 Å². The monoisotopic (exact) mass is 382 g/mol. The highest BCUT2D eigenvalue weighted by Gasteiger charge is 2.47. The molecule has 2 heterocycles. The standard InChI is InChI=1S/C22H26N2O4/c1-4-15-8-10-16(11-9-15)20(25)18-19(17-7-5-14-28-17)24(22(27)21(18)26)13-6-12-23(2)3/h5,7-11,14,19,25H,4,6,12-13H2,1-3H3/b20-18-. The van der Waals surface area contributed by atoms with Gasteiger partial charge in [-0.15, -0.1) is 0 Å². The van der Waals surface area contributed by atoms with Gasteiger partial charge >= 0.3 is 0 Å². The van der Waals surface area contributed by atoms with Gasteiger partial charge in [-0.2, -0.15) is 0 Å². The zero-order valence-corrected chi connectivity index (χ0v) is 16.5. The van der Waals surface area contributed by atoms with Crippen molar-refractivity contribution in [1.82, 2.24) is 9.80 Å². The fourth-order valence-electron chi connectivity index (χ4n) is 3.46. The molecule has 6 nitrogen and oxygen atoms in total. The molecule has 148 valence electrons. The first-order valence-electron chi connectivity index (χ1n) is 9.50. The Morgan fingerprint density at radius 1 is 1.18 bits per heavy atom. The summed E-state index contributed by atoms with van der Waals surface area (Å²) in [6.45, 7) is 3.23. The van der Waals surface area contributed by atoms with Crippen molar-refractivity contribution in [1.29, 1.82) is 0 Å². The lowest BCUT2D eigenvalue weighted by molar-refractivity contribution is -0.140. The number of aliphatic hydroxyl groups excluding tert-OH is 1. The van der Waals surface area contributed by atoms with Crippen molar-refractivity contribution in [2.45, 2.75) is 25.8 Å². The Labute approximate surface area is 165 Å². The second-order valence-corrected chi connectivity index (χ2v) is 7.22. The van der Waals surface area contributed by atoms with Crippen LogP contribution in [0, 0.1) is 0 Å². The Hall–Kier alpha value is -2.86. The van der Waals surface area contributed by atoms with E-state index in [-0.39, 0.29) is 11.3 Å². The van der Waals surface area contributed by atoms with Crippen LogP contribution in [0.3, 0.4) is 0 Å². The van der Waals surface area contributed by atoms with Crippen molar-refractivity contribution in [3.63, 3.8) is 0 Å². The number of Topliss-reactive ketones (excluding diaryl/α,β-unsaturated/α-hetero) is 1. The van der Waals surface area contributed by atoms with Gasteiger partial charge in [-0.3, -0.25) is 9.59 Å². The Morgan fingerprint density at radius 2 is 1.89 bits per heavy atom. The molecule has 0 radical (unpaired) electrons. The van der Waals surface area contributed by atoms with Crippen LogP contribution in [-0.4, -0.2) is 53.8 Å². The first-order valence-corrected chi connectivity index (χ1v) is 9.50. The molecule has 0 aliphatic carbocycles. The van der Waals surface area contributed by atoms with E-state index in [1.54, 1.807) is 24.3 Å². The third-order valence-electron chi connectivity index (χ3n) is 4.99. The summed E-state index contributed by atoms with van der Waals surface area (Å²) in [6.07, 6.45) is 3.09. The van der Waals surface area contributed by atoms with Crippen LogP contribution in [0.2, 0.25) is 0 Å². The number of aliphatic hydroxyl groups is 1. The van der Waals surface area contributed by atoms with Crippen LogP contribution >= 0.6 is 0 Å². The first-order chi connectivity index (χ1) is 13.4. The second kappa shape index (κ2) is 8.44.